The molecule has 0 saturated carbocycles. The number of rotatable bonds is 6. The molecule has 460 valence electrons. The Morgan fingerprint density at radius 2 is 0.878 bits per heavy atom. The number of piperidine rings is 3. The number of likely N-dealkylation sites (tertiary alicyclic amines) is 3. The van der Waals surface area contributed by atoms with Crippen LogP contribution >= 0.6 is 0 Å². The third kappa shape index (κ3) is 11.4. The van der Waals surface area contributed by atoms with Crippen molar-refractivity contribution in [3.63, 3.8) is 0 Å². The number of fused-ring (bicyclic) bond motifs is 6. The summed E-state index contributed by atoms with van der Waals surface area (Å²) in [5, 5.41) is 24.1. The van der Waals surface area contributed by atoms with Gasteiger partial charge < -0.3 is 25.3 Å². The first-order valence-corrected chi connectivity index (χ1v) is 29.5. The molecule has 0 bridgehead atoms. The molecule has 9 heterocycles. The van der Waals surface area contributed by atoms with Crippen molar-refractivity contribution in [3.05, 3.63) is 181 Å². The summed E-state index contributed by atoms with van der Waals surface area (Å²) >= 11 is 0. The second-order valence-corrected chi connectivity index (χ2v) is 23.5. The molecular weight excluding hydrogens is 1170 g/mol. The fourth-order valence-corrected chi connectivity index (χ4v) is 12.5. The van der Waals surface area contributed by atoms with Crippen LogP contribution in [-0.2, 0) is 33.7 Å². The summed E-state index contributed by atoms with van der Waals surface area (Å²) in [5.74, 6) is -8.88. The highest BCUT2D eigenvalue weighted by atomic mass is 19.3. The first-order chi connectivity index (χ1) is 43.1. The van der Waals surface area contributed by atoms with Gasteiger partial charge in [0.1, 0.15) is 11.4 Å². The van der Waals surface area contributed by atoms with Crippen LogP contribution in [0.15, 0.2) is 125 Å². The third-order valence-electron chi connectivity index (χ3n) is 17.6. The number of nitrogens with zero attached hydrogens (tertiary/aromatic N) is 9. The summed E-state index contributed by atoms with van der Waals surface area (Å²) in [5.41, 5.74) is 12.9. The Labute approximate surface area is 509 Å². The molecule has 3 saturated heterocycles. The van der Waals surface area contributed by atoms with Crippen LogP contribution in [-0.4, -0.2) is 137 Å². The van der Waals surface area contributed by atoms with Crippen molar-refractivity contribution in [1.82, 2.24) is 55.1 Å². The lowest BCUT2D eigenvalue weighted by Gasteiger charge is -2.31. The highest BCUT2D eigenvalue weighted by molar-refractivity contribution is 6.16. The lowest BCUT2D eigenvalue weighted by Crippen LogP contribution is -2.42. The first kappa shape index (κ1) is 59.0. The lowest BCUT2D eigenvalue weighted by atomic mass is 9.95. The summed E-state index contributed by atoms with van der Waals surface area (Å²) in [7, 11) is 3.59. The lowest BCUT2D eigenvalue weighted by molar-refractivity contribution is -0.0503. The number of carbonyl (C=O) groups excluding carboxylic acids is 5. The van der Waals surface area contributed by atoms with Crippen molar-refractivity contribution in [2.45, 2.75) is 75.9 Å². The average molecular weight is 1230 g/mol. The molecule has 0 aliphatic carbocycles. The zero-order chi connectivity index (χ0) is 63.0. The molecule has 9 aromatic rings. The molecule has 90 heavy (non-hydrogen) atoms. The van der Waals surface area contributed by atoms with Crippen LogP contribution in [0.25, 0.3) is 55.1 Å². The quantitative estimate of drug-likeness (QED) is 0.135. The Balaban J connectivity index is 0.000000124. The van der Waals surface area contributed by atoms with E-state index in [1.165, 1.54) is 14.7 Å². The van der Waals surface area contributed by atoms with E-state index in [0.717, 1.165) is 77.8 Å². The van der Waals surface area contributed by atoms with Crippen LogP contribution in [0.5, 0.6) is 0 Å². The van der Waals surface area contributed by atoms with Gasteiger partial charge in [0.05, 0.1) is 34.9 Å². The SMILES string of the molecule is Cn1nc(-c2ccc3c(=O)[nH]ncc3c2)c2ccc(C(=O)N3CCC(F)(F)CC3)cc21.Cn1nc(-c2ccc3c(c2)CNC3=O)c2ccc(C(=O)N3CCC(F)(F)CC3)cc21.O=C1NCc2cc(C3=NCc4cc(C(=O)N5CCC(F)(F)CC5)ccc43)ccc21. The van der Waals surface area contributed by atoms with Crippen molar-refractivity contribution in [1.29, 1.82) is 0 Å². The summed E-state index contributed by atoms with van der Waals surface area (Å²) < 4.78 is 83.7. The van der Waals surface area contributed by atoms with Crippen molar-refractivity contribution in [2.24, 2.45) is 19.1 Å². The zero-order valence-electron chi connectivity index (χ0n) is 48.8. The number of aromatic amines is 1. The Morgan fingerprint density at radius 3 is 1.38 bits per heavy atom. The van der Waals surface area contributed by atoms with E-state index in [1.54, 1.807) is 72.1 Å². The molecule has 5 amide bonds. The number of hydrogen-bond donors (Lipinski definition) is 3. The van der Waals surface area contributed by atoms with Crippen molar-refractivity contribution < 1.29 is 50.3 Å². The molecule has 3 N–H and O–H groups in total. The fraction of sp³-hybridized carbons (Fsp3) is 0.303. The fourth-order valence-electron chi connectivity index (χ4n) is 12.5. The van der Waals surface area contributed by atoms with Crippen LogP contribution in [0.4, 0.5) is 26.3 Å². The van der Waals surface area contributed by atoms with Crippen LogP contribution in [0.3, 0.4) is 0 Å². The Morgan fingerprint density at radius 1 is 0.467 bits per heavy atom. The normalized spacial score (nSPS) is 17.8. The molecule has 15 rings (SSSR count). The maximum atomic E-state index is 13.4. The molecule has 3 aromatic heterocycles. The second kappa shape index (κ2) is 22.9. The van der Waals surface area contributed by atoms with Crippen molar-refractivity contribution in [2.75, 3.05) is 39.3 Å². The van der Waals surface area contributed by atoms with E-state index in [4.69, 9.17) is 0 Å². The maximum Gasteiger partial charge on any atom is 0.272 e. The number of halogens is 6. The van der Waals surface area contributed by atoms with E-state index in [2.05, 4.69) is 36.0 Å². The largest absolute Gasteiger partial charge is 0.348 e. The third-order valence-corrected chi connectivity index (χ3v) is 17.6. The number of carbonyl (C=O) groups is 5. The minimum absolute atomic E-state index is 0.0464. The maximum absolute atomic E-state index is 13.4. The van der Waals surface area contributed by atoms with E-state index in [1.807, 2.05) is 66.7 Å². The van der Waals surface area contributed by atoms with E-state index < -0.39 is 17.8 Å². The number of H-pyrrole nitrogens is 1. The van der Waals surface area contributed by atoms with Crippen LogP contribution < -0.4 is 16.2 Å². The number of benzene rings is 6. The standard InChI is InChI=1S/C22H19F2N5O2.C22H20F2N4O2.C22H19F2N3O2/c1-28-18-11-14(21(31)29-8-6-22(23,24)7-9-29)3-5-17(18)19(27-28)13-2-4-16-15(10-13)12-25-26-20(16)30;1-27-18-11-14(21(30)28-8-6-22(23,24)7-9-28)3-5-17(18)19(26-27)13-2-4-16-15(10-13)12-25-20(16)29;23-22(24)5-7-27(8-6-22)21(29)14-2-3-17-15(10-14)11-25-19(17)13-1-4-18-16(9-13)12-26-20(18)28/h2-5,10-12H,6-9H2,1H3,(H,26,30);2-5,10-11H,6-9,12H2,1H3,(H,25,29);1-4,9-10H,5-8,11-12H2,(H,26,28). The minimum Gasteiger partial charge on any atom is -0.348 e. The topological polar surface area (TPSA) is 213 Å². The van der Waals surface area contributed by atoms with E-state index in [9.17, 15) is 55.1 Å². The summed E-state index contributed by atoms with van der Waals surface area (Å²) in [6.07, 6.45) is -0.199. The predicted octanol–water partition coefficient (Wildman–Crippen LogP) is 9.86. The minimum atomic E-state index is -2.70. The second-order valence-electron chi connectivity index (χ2n) is 23.5. The molecule has 6 aliphatic rings. The Bertz CT molecular complexity index is 4540. The Kier molecular flexibility index (Phi) is 15.0. The van der Waals surface area contributed by atoms with Crippen LogP contribution in [0.2, 0.25) is 0 Å². The molecule has 0 unspecified atom stereocenters. The van der Waals surface area contributed by atoms with Gasteiger partial charge in [0, 0.05) is 171 Å². The highest BCUT2D eigenvalue weighted by Crippen LogP contribution is 2.36. The van der Waals surface area contributed by atoms with E-state index in [0.29, 0.717) is 58.2 Å². The molecule has 6 aliphatic heterocycles. The van der Waals surface area contributed by atoms with Gasteiger partial charge in [-0.1, -0.05) is 24.3 Å². The molecule has 0 spiro atoms. The molecule has 3 fully saturated rings. The van der Waals surface area contributed by atoms with Gasteiger partial charge in [-0.2, -0.15) is 15.3 Å². The van der Waals surface area contributed by atoms with Gasteiger partial charge in [-0.25, -0.2) is 31.4 Å². The van der Waals surface area contributed by atoms with Crippen molar-refractivity contribution in [3.8, 4) is 22.5 Å². The zero-order valence-corrected chi connectivity index (χ0v) is 48.8. The van der Waals surface area contributed by atoms with E-state index in [-0.39, 0.29) is 113 Å². The molecular formula is C66H58F6N12O6. The van der Waals surface area contributed by atoms with Gasteiger partial charge in [0.15, 0.2) is 0 Å². The number of nitrogens with one attached hydrogen (secondary N) is 3. The highest BCUT2D eigenvalue weighted by Gasteiger charge is 2.39. The van der Waals surface area contributed by atoms with Gasteiger partial charge in [0.2, 0.25) is 0 Å². The predicted molar refractivity (Wildman–Crippen MR) is 323 cm³/mol. The van der Waals surface area contributed by atoms with Gasteiger partial charge in [-0.3, -0.25) is 43.1 Å². The average Bonchev–Trinajstić information content (AvgIpc) is 1.72. The number of aryl methyl sites for hydroxylation is 2. The number of alkyl halides is 6. The summed E-state index contributed by atoms with van der Waals surface area (Å²) in [4.78, 5) is 82.9. The Hall–Kier alpha value is -10.0. The summed E-state index contributed by atoms with van der Waals surface area (Å²) in [6.45, 7) is 1.85. The number of aromatic nitrogens is 6. The number of amides is 5. The van der Waals surface area contributed by atoms with Gasteiger partial charge in [0.25, 0.3) is 52.9 Å². The van der Waals surface area contributed by atoms with Gasteiger partial charge >= 0.3 is 0 Å². The smallest absolute Gasteiger partial charge is 0.272 e. The van der Waals surface area contributed by atoms with Gasteiger partial charge in [-0.05, 0) is 102 Å². The molecule has 24 heteroatoms. The number of hydrogen-bond acceptors (Lipinski definition) is 10. The van der Waals surface area contributed by atoms with Gasteiger partial charge in [-0.15, -0.1) is 0 Å². The summed E-state index contributed by atoms with van der Waals surface area (Å²) in [6, 6.07) is 32.8. The number of aliphatic imine (C=N–C) groups is 1. The van der Waals surface area contributed by atoms with Crippen LogP contribution in [0, 0.1) is 0 Å². The molecule has 6 aromatic carbocycles. The molecule has 0 radical (unpaired) electrons. The molecule has 18 nitrogen and oxygen atoms in total. The van der Waals surface area contributed by atoms with E-state index >= 15 is 0 Å². The molecule has 0 atom stereocenters. The first-order valence-electron chi connectivity index (χ1n) is 29.5. The van der Waals surface area contributed by atoms with Crippen LogP contribution in [0.1, 0.15) is 118 Å². The monoisotopic (exact) mass is 1230 g/mol. The van der Waals surface area contributed by atoms with Crippen molar-refractivity contribution >= 4 is 67.8 Å².